The lowest BCUT2D eigenvalue weighted by Crippen LogP contribution is -2.43. The molecule has 2 aromatic heterocycles. The van der Waals surface area contributed by atoms with Gasteiger partial charge in [-0.05, 0) is 106 Å². The Kier molecular flexibility index (Phi) is 27.0. The van der Waals surface area contributed by atoms with Crippen molar-refractivity contribution in [1.82, 2.24) is 24.3 Å². The van der Waals surface area contributed by atoms with Crippen molar-refractivity contribution in [1.29, 1.82) is 0 Å². The molecule has 0 radical (unpaired) electrons. The molecule has 0 spiro atoms. The highest BCUT2D eigenvalue weighted by Crippen LogP contribution is 2.36. The molecule has 0 saturated carbocycles. The summed E-state index contributed by atoms with van der Waals surface area (Å²) in [6.07, 6.45) is 2.77. The zero-order valence-corrected chi connectivity index (χ0v) is 44.9. The number of nitrogens with one attached hydrogen (secondary N) is 2. The number of halogens is 4. The number of carboxylic acids is 1. The Morgan fingerprint density at radius 3 is 2.30 bits per heavy atom. The first kappa shape index (κ1) is 61.0. The normalized spacial score (nSPS) is 13.7. The minimum atomic E-state index is -3.10. The molecule has 1 aliphatic rings. The topological polar surface area (TPSA) is 258 Å². The third-order valence-electron chi connectivity index (χ3n) is 9.39. The number of aromatic nitrogens is 5. The minimum absolute atomic E-state index is 0.0223. The SMILES string of the molecule is CCNc1nc(Cl)nc(NC(C)C)n1.CCc1cccc(C)c1N(C(=O)CCl)C(C)COC.COC(=O)CSc1cc(/N=c2\sc(=O)n3n2CCCC3)c(F)cc1Cl.CP(=O)(O)CCC(N)C(=O)O. The van der Waals surface area contributed by atoms with E-state index < -0.39 is 31.2 Å². The number of carbonyl (C=O) groups is 3. The lowest BCUT2D eigenvalue weighted by Gasteiger charge is -2.31. The summed E-state index contributed by atoms with van der Waals surface area (Å²) in [6, 6.07) is 7.92. The largest absolute Gasteiger partial charge is 0.480 e. The number of methoxy groups -OCH3 is 2. The first-order valence-electron chi connectivity index (χ1n) is 21.7. The number of esters is 1. The van der Waals surface area contributed by atoms with Crippen LogP contribution >= 0.6 is 65.3 Å². The number of fused-ring (bicyclic) bond motifs is 1. The van der Waals surface area contributed by atoms with Crippen LogP contribution in [0, 0.1) is 12.7 Å². The van der Waals surface area contributed by atoms with E-state index in [9.17, 15) is 28.1 Å². The van der Waals surface area contributed by atoms with Crippen molar-refractivity contribution < 1.29 is 42.8 Å². The summed E-state index contributed by atoms with van der Waals surface area (Å²) in [6.45, 7) is 15.8. The van der Waals surface area contributed by atoms with Crippen molar-refractivity contribution in [3.8, 4) is 0 Å². The smallest absolute Gasteiger partial charge is 0.325 e. The predicted octanol–water partition coefficient (Wildman–Crippen LogP) is 7.42. The van der Waals surface area contributed by atoms with Crippen LogP contribution in [0.4, 0.5) is 27.7 Å². The van der Waals surface area contributed by atoms with Gasteiger partial charge >= 0.3 is 16.8 Å². The zero-order chi connectivity index (χ0) is 52.0. The van der Waals surface area contributed by atoms with E-state index in [2.05, 4.69) is 48.3 Å². The van der Waals surface area contributed by atoms with E-state index >= 15 is 0 Å². The molecule has 3 heterocycles. The maximum atomic E-state index is 14.3. The maximum Gasteiger partial charge on any atom is 0.325 e. The Balaban J connectivity index is 0.000000331. The lowest BCUT2D eigenvalue weighted by molar-refractivity contribution is -0.139. The van der Waals surface area contributed by atoms with E-state index in [1.807, 2.05) is 46.8 Å². The molecule has 0 bridgehead atoms. The highest BCUT2D eigenvalue weighted by molar-refractivity contribution is 8.00. The fourth-order valence-electron chi connectivity index (χ4n) is 6.16. The van der Waals surface area contributed by atoms with Crippen LogP contribution in [0.15, 0.2) is 45.0 Å². The fraction of sp³-hybridized carbons (Fsp3) is 0.535. The van der Waals surface area contributed by atoms with Gasteiger partial charge in [0.15, 0.2) is 7.37 Å². The molecule has 3 unspecified atom stereocenters. The van der Waals surface area contributed by atoms with E-state index in [-0.39, 0.29) is 63.1 Å². The Morgan fingerprint density at radius 1 is 1.09 bits per heavy atom. The molecule has 1 aliphatic heterocycles. The van der Waals surface area contributed by atoms with Crippen LogP contribution in [0.25, 0.3) is 0 Å². The van der Waals surface area contributed by atoms with Crippen LogP contribution in [0.2, 0.25) is 10.3 Å². The first-order chi connectivity index (χ1) is 32.5. The van der Waals surface area contributed by atoms with Gasteiger partial charge in [0.1, 0.15) is 23.4 Å². The minimum Gasteiger partial charge on any atom is -0.480 e. The molecule has 26 heteroatoms. The summed E-state index contributed by atoms with van der Waals surface area (Å²) < 4.78 is 38.1. The van der Waals surface area contributed by atoms with E-state index in [1.165, 1.54) is 19.8 Å². The fourth-order valence-corrected chi connectivity index (χ4v) is 9.20. The number of benzene rings is 2. The van der Waals surface area contributed by atoms with Gasteiger partial charge in [0.2, 0.25) is 27.9 Å². The number of carboxylic acid groups (broad SMARTS) is 1. The van der Waals surface area contributed by atoms with Gasteiger partial charge in [0, 0.05) is 50.5 Å². The summed E-state index contributed by atoms with van der Waals surface area (Å²) in [4.78, 5) is 73.3. The van der Waals surface area contributed by atoms with Crippen molar-refractivity contribution in [2.75, 3.05) is 67.4 Å². The molecule has 6 N–H and O–H groups in total. The van der Waals surface area contributed by atoms with Crippen LogP contribution < -0.4 is 30.9 Å². The Bertz CT molecular complexity index is 2490. The van der Waals surface area contributed by atoms with Crippen molar-refractivity contribution in [2.45, 2.75) is 103 Å². The number of nitrogens with two attached hydrogens (primary N) is 1. The standard InChI is InChI=1S/C15H15ClFN3O3S2.C15H22ClNO2.C8H14ClN5.C5H12NO4P/c1-23-13(21)8-24-12-7-11(10(17)6-9(12)16)18-14-19-4-2-3-5-20(19)15(22)25-14;1-5-13-8-6-7-11(2)15(13)17(14(18)9-16)12(3)10-19-4;1-4-10-7-12-6(9)13-8(14-7)11-5(2)3;1-11(9,10)3-2-4(6)5(7)8/h6-7H,2-5,8H2,1H3;6-8,12H,5,9-10H2,1-4H3;5H,4H2,1-3H3,(H2,10,11,12,13,14);4H,2-3,6H2,1H3,(H,7,8)(H,9,10)/b18-14-;;;. The van der Waals surface area contributed by atoms with Crippen LogP contribution in [0.1, 0.15) is 65.0 Å². The summed E-state index contributed by atoms with van der Waals surface area (Å²) in [5.74, 6) is -1.18. The first-order valence-corrected chi connectivity index (χ1v) is 27.1. The van der Waals surface area contributed by atoms with Gasteiger partial charge in [0.25, 0.3) is 0 Å². The monoisotopic (exact) mass is 1080 g/mol. The number of thioether (sulfide) groups is 1. The maximum absolute atomic E-state index is 14.3. The van der Waals surface area contributed by atoms with Crippen molar-refractivity contribution in [3.63, 3.8) is 0 Å². The summed E-state index contributed by atoms with van der Waals surface area (Å²) >= 11 is 19.7. The summed E-state index contributed by atoms with van der Waals surface area (Å²) in [5.41, 5.74) is 8.39. The van der Waals surface area contributed by atoms with Gasteiger partial charge in [-0.25, -0.2) is 14.1 Å². The van der Waals surface area contributed by atoms with Gasteiger partial charge < -0.3 is 40.7 Å². The average molecular weight is 1080 g/mol. The van der Waals surface area contributed by atoms with Gasteiger partial charge in [-0.1, -0.05) is 36.7 Å². The summed E-state index contributed by atoms with van der Waals surface area (Å²) in [5, 5.41) is 14.7. The van der Waals surface area contributed by atoms with Crippen molar-refractivity contribution in [2.24, 2.45) is 10.7 Å². The molecule has 3 atom stereocenters. The van der Waals surface area contributed by atoms with Crippen LogP contribution in [-0.4, -0.2) is 122 Å². The van der Waals surface area contributed by atoms with Gasteiger partial charge in [-0.2, -0.15) is 15.0 Å². The second kappa shape index (κ2) is 30.6. The number of amides is 1. The number of aliphatic carboxylic acids is 1. The molecule has 0 saturated heterocycles. The molecule has 0 fully saturated rings. The third kappa shape index (κ3) is 21.0. The van der Waals surface area contributed by atoms with Crippen LogP contribution in [-0.2, 0) is 47.9 Å². The quantitative estimate of drug-likeness (QED) is 0.0281. The van der Waals surface area contributed by atoms with Crippen LogP contribution in [0.5, 0.6) is 0 Å². The molecule has 69 heavy (non-hydrogen) atoms. The van der Waals surface area contributed by atoms with Crippen LogP contribution in [0.3, 0.4) is 0 Å². The highest BCUT2D eigenvalue weighted by Gasteiger charge is 2.25. The number of hydrogen-bond acceptors (Lipinski definition) is 16. The molecule has 4 aromatic rings. The number of para-hydroxylation sites is 1. The molecular weight excluding hydrogens is 1020 g/mol. The zero-order valence-electron chi connectivity index (χ0n) is 40.1. The van der Waals surface area contributed by atoms with E-state index in [1.54, 1.807) is 21.4 Å². The number of alkyl halides is 1. The lowest BCUT2D eigenvalue weighted by atomic mass is 10.0. The number of rotatable bonds is 18. The molecule has 0 aliphatic carbocycles. The predicted molar refractivity (Wildman–Crippen MR) is 274 cm³/mol. The van der Waals surface area contributed by atoms with E-state index in [0.29, 0.717) is 41.3 Å². The molecule has 1 amide bonds. The number of carbonyl (C=O) groups excluding carboxylic acids is 2. The third-order valence-corrected chi connectivity index (χ3v) is 13.2. The number of ether oxygens (including phenoxy) is 2. The number of hydrogen-bond donors (Lipinski definition) is 5. The molecule has 19 nitrogen and oxygen atoms in total. The molecule has 5 rings (SSSR count). The Labute approximate surface area is 424 Å². The molecule has 2 aromatic carbocycles. The Morgan fingerprint density at radius 2 is 1.74 bits per heavy atom. The highest BCUT2D eigenvalue weighted by atomic mass is 35.5. The van der Waals surface area contributed by atoms with Crippen molar-refractivity contribution in [3.05, 3.63) is 72.1 Å². The Hall–Kier alpha value is -4.12. The molecular formula is C43H63Cl3FN10O9PS2. The number of aryl methyl sites for hydroxylation is 2. The van der Waals surface area contributed by atoms with Gasteiger partial charge in [-0.3, -0.25) is 28.4 Å². The number of nitrogens with zero attached hydrogens (tertiary/aromatic N) is 7. The second-order valence-corrected chi connectivity index (χ2v) is 21.0. The van der Waals surface area contributed by atoms with E-state index in [4.69, 9.17) is 55.3 Å². The second-order valence-electron chi connectivity index (χ2n) is 15.5. The summed E-state index contributed by atoms with van der Waals surface area (Å²) in [7, 11) is -0.168. The van der Waals surface area contributed by atoms with Gasteiger partial charge in [0.05, 0.1) is 36.2 Å². The number of anilines is 3. The van der Waals surface area contributed by atoms with Gasteiger partial charge in [-0.15, -0.1) is 23.4 Å². The van der Waals surface area contributed by atoms with Crippen molar-refractivity contribution >= 4 is 106 Å². The average Bonchev–Trinajstić information content (AvgIpc) is 3.60. The van der Waals surface area contributed by atoms with E-state index in [0.717, 1.165) is 71.8 Å². The molecule has 384 valence electrons.